The zero-order chi connectivity index (χ0) is 29.4. The van der Waals surface area contributed by atoms with E-state index in [9.17, 15) is 20.3 Å². The van der Waals surface area contributed by atoms with Crippen LogP contribution in [0.15, 0.2) is 30.3 Å². The second kappa shape index (κ2) is 12.6. The number of carbonyl (C=O) groups excluding carboxylic acids is 1. The Morgan fingerprint density at radius 3 is 2.44 bits per heavy atom. The molecular formula is C35H55NO5. The predicted octanol–water partition coefficient (Wildman–Crippen LogP) is 6.25. The third-order valence-corrected chi connectivity index (χ3v) is 13.0. The first kappa shape index (κ1) is 31.0. The Bertz CT molecular complexity index is 1020. The number of rotatable bonds is 10. The van der Waals surface area contributed by atoms with Gasteiger partial charge in [-0.2, -0.15) is 0 Å². The highest BCUT2D eigenvalue weighted by atomic mass is 17.1. The molecule has 4 aliphatic carbocycles. The summed E-state index contributed by atoms with van der Waals surface area (Å²) in [5.74, 6) is 3.18. The van der Waals surface area contributed by atoms with Crippen molar-refractivity contribution in [1.82, 2.24) is 5.32 Å². The van der Waals surface area contributed by atoms with Gasteiger partial charge in [0.2, 0.25) is 5.91 Å². The van der Waals surface area contributed by atoms with Crippen LogP contribution in [0.5, 0.6) is 0 Å². The molecule has 4 fully saturated rings. The van der Waals surface area contributed by atoms with E-state index in [0.29, 0.717) is 48.3 Å². The number of hydrogen-bond donors (Lipinski definition) is 4. The minimum Gasteiger partial charge on any atom is -0.393 e. The quantitative estimate of drug-likeness (QED) is 0.197. The first-order chi connectivity index (χ1) is 19.6. The van der Waals surface area contributed by atoms with E-state index < -0.39 is 6.10 Å². The SMILES string of the molecule is CC[C@@H]1C2C[C@H](O)CC[C@]2(C)[C@H]2CC[C@]3(C)[C@@H]([C@H](C)CCC(=O)NCC(Cc4ccccc4)OO)CC[C@H]3[C@@H]2[C@@H]1O. The summed E-state index contributed by atoms with van der Waals surface area (Å²) in [7, 11) is 0. The van der Waals surface area contributed by atoms with Gasteiger partial charge in [-0.25, -0.2) is 4.89 Å². The molecule has 0 radical (unpaired) electrons. The van der Waals surface area contributed by atoms with E-state index in [0.717, 1.165) is 37.7 Å². The van der Waals surface area contributed by atoms with Crippen molar-refractivity contribution < 1.29 is 25.2 Å². The molecule has 0 saturated heterocycles. The number of aliphatic hydroxyl groups is 2. The molecule has 1 amide bonds. The molecular weight excluding hydrogens is 514 g/mol. The molecule has 41 heavy (non-hydrogen) atoms. The topological polar surface area (TPSA) is 99.0 Å². The second-order valence-corrected chi connectivity index (χ2v) is 14.9. The lowest BCUT2D eigenvalue weighted by molar-refractivity contribution is -0.276. The van der Waals surface area contributed by atoms with Crippen LogP contribution < -0.4 is 5.32 Å². The number of carbonyl (C=O) groups is 1. The molecule has 2 unspecified atom stereocenters. The van der Waals surface area contributed by atoms with Gasteiger partial charge in [0, 0.05) is 19.4 Å². The molecule has 0 spiro atoms. The molecule has 0 bridgehead atoms. The van der Waals surface area contributed by atoms with Crippen LogP contribution in [0.3, 0.4) is 0 Å². The molecule has 0 aliphatic heterocycles. The molecule has 6 nitrogen and oxygen atoms in total. The lowest BCUT2D eigenvalue weighted by Gasteiger charge is -2.64. The van der Waals surface area contributed by atoms with E-state index in [4.69, 9.17) is 0 Å². The van der Waals surface area contributed by atoms with Gasteiger partial charge in [-0.15, -0.1) is 0 Å². The van der Waals surface area contributed by atoms with Gasteiger partial charge in [0.15, 0.2) is 0 Å². The summed E-state index contributed by atoms with van der Waals surface area (Å²) in [6, 6.07) is 9.85. The highest BCUT2D eigenvalue weighted by molar-refractivity contribution is 5.75. The van der Waals surface area contributed by atoms with Crippen molar-refractivity contribution in [3.8, 4) is 0 Å². The maximum Gasteiger partial charge on any atom is 0.220 e. The lowest BCUT2D eigenvalue weighted by atomic mass is 9.41. The number of benzene rings is 1. The Morgan fingerprint density at radius 1 is 1.02 bits per heavy atom. The lowest BCUT2D eigenvalue weighted by Crippen LogP contribution is -2.62. The molecule has 12 atom stereocenters. The van der Waals surface area contributed by atoms with Crippen LogP contribution in [0.25, 0.3) is 0 Å². The fourth-order valence-electron chi connectivity index (χ4n) is 10.8. The van der Waals surface area contributed by atoms with Crippen LogP contribution in [0.2, 0.25) is 0 Å². The monoisotopic (exact) mass is 569 g/mol. The normalized spacial score (nSPS) is 41.5. The largest absolute Gasteiger partial charge is 0.393 e. The predicted molar refractivity (Wildman–Crippen MR) is 161 cm³/mol. The number of aliphatic hydroxyl groups excluding tert-OH is 2. The standard InChI is InChI=1S/C35H55NO5/c1-5-26-30-20-24(37)15-17-35(30,4)29-16-18-34(3)27(12-13-28(34)32(29)33(26)39)22(2)11-14-31(38)36-21-25(41-40)19-23-9-7-6-8-10-23/h6-10,22,24-30,32-33,37,39-40H,5,11-21H2,1-4H3,(H,36,38)/t22-,24-,25?,26-,27-,28+,29+,30?,32+,33-,34-,35-/m1/s1. The van der Waals surface area contributed by atoms with Gasteiger partial charge < -0.3 is 15.5 Å². The fraction of sp³-hybridized carbons (Fsp3) is 0.800. The minimum atomic E-state index is -0.466. The van der Waals surface area contributed by atoms with Gasteiger partial charge in [0.25, 0.3) is 0 Å². The number of fused-ring (bicyclic) bond motifs is 5. The van der Waals surface area contributed by atoms with Crippen molar-refractivity contribution in [2.45, 2.75) is 117 Å². The zero-order valence-electron chi connectivity index (χ0n) is 25.8. The van der Waals surface area contributed by atoms with Gasteiger partial charge in [-0.1, -0.05) is 64.4 Å². The smallest absolute Gasteiger partial charge is 0.220 e. The van der Waals surface area contributed by atoms with Gasteiger partial charge in [0.05, 0.1) is 12.2 Å². The average molecular weight is 570 g/mol. The van der Waals surface area contributed by atoms with E-state index in [-0.39, 0.29) is 41.4 Å². The Balaban J connectivity index is 1.19. The summed E-state index contributed by atoms with van der Waals surface area (Å²) < 4.78 is 0. The number of amides is 1. The van der Waals surface area contributed by atoms with Crippen LogP contribution in [-0.4, -0.2) is 46.2 Å². The van der Waals surface area contributed by atoms with Crippen LogP contribution in [0.1, 0.15) is 97.5 Å². The van der Waals surface area contributed by atoms with Gasteiger partial charge in [-0.05, 0) is 109 Å². The van der Waals surface area contributed by atoms with E-state index in [1.165, 1.54) is 25.7 Å². The zero-order valence-corrected chi connectivity index (χ0v) is 25.8. The Morgan fingerprint density at radius 2 is 1.73 bits per heavy atom. The van der Waals surface area contributed by atoms with Gasteiger partial charge in [-0.3, -0.25) is 10.1 Å². The molecule has 1 aromatic carbocycles. The molecule has 4 aliphatic rings. The second-order valence-electron chi connectivity index (χ2n) is 14.9. The maximum absolute atomic E-state index is 12.8. The van der Waals surface area contributed by atoms with Gasteiger partial charge in [0.1, 0.15) is 6.10 Å². The molecule has 6 heteroatoms. The molecule has 5 rings (SSSR count). The van der Waals surface area contributed by atoms with Crippen LogP contribution in [-0.2, 0) is 16.1 Å². The molecule has 4 N–H and O–H groups in total. The number of hydrogen-bond acceptors (Lipinski definition) is 5. The summed E-state index contributed by atoms with van der Waals surface area (Å²) in [5, 5.41) is 34.8. The summed E-state index contributed by atoms with van der Waals surface area (Å²) in [6.45, 7) is 9.86. The highest BCUT2D eigenvalue weighted by Gasteiger charge is 2.64. The fourth-order valence-corrected chi connectivity index (χ4v) is 10.8. The summed E-state index contributed by atoms with van der Waals surface area (Å²) in [6.07, 6.45) is 9.55. The Hall–Kier alpha value is -1.47. The van der Waals surface area contributed by atoms with Crippen molar-refractivity contribution in [2.75, 3.05) is 6.54 Å². The van der Waals surface area contributed by atoms with Crippen molar-refractivity contribution >= 4 is 5.91 Å². The van der Waals surface area contributed by atoms with Crippen LogP contribution in [0, 0.1) is 52.3 Å². The molecule has 4 saturated carbocycles. The van der Waals surface area contributed by atoms with E-state index in [1.54, 1.807) is 0 Å². The molecule has 0 aromatic heterocycles. The van der Waals surface area contributed by atoms with Crippen LogP contribution in [0.4, 0.5) is 0 Å². The van der Waals surface area contributed by atoms with Crippen LogP contribution >= 0.6 is 0 Å². The highest BCUT2D eigenvalue weighted by Crippen LogP contribution is 2.69. The summed E-state index contributed by atoms with van der Waals surface area (Å²) >= 11 is 0. The summed E-state index contributed by atoms with van der Waals surface area (Å²) in [4.78, 5) is 17.4. The molecule has 0 heterocycles. The number of nitrogens with one attached hydrogen (secondary N) is 1. The van der Waals surface area contributed by atoms with Crippen molar-refractivity contribution in [3.05, 3.63) is 35.9 Å². The third-order valence-electron chi connectivity index (χ3n) is 13.0. The first-order valence-electron chi connectivity index (χ1n) is 16.6. The van der Waals surface area contributed by atoms with E-state index >= 15 is 0 Å². The third kappa shape index (κ3) is 5.88. The van der Waals surface area contributed by atoms with Gasteiger partial charge >= 0.3 is 0 Å². The molecule has 230 valence electrons. The Labute approximate surface area is 247 Å². The van der Waals surface area contributed by atoms with Crippen molar-refractivity contribution in [2.24, 2.45) is 52.3 Å². The average Bonchev–Trinajstić information content (AvgIpc) is 3.32. The van der Waals surface area contributed by atoms with E-state index in [1.807, 2.05) is 30.3 Å². The van der Waals surface area contributed by atoms with Crippen molar-refractivity contribution in [3.63, 3.8) is 0 Å². The summed E-state index contributed by atoms with van der Waals surface area (Å²) in [5.41, 5.74) is 1.50. The maximum atomic E-state index is 12.8. The first-order valence-corrected chi connectivity index (χ1v) is 16.6. The van der Waals surface area contributed by atoms with Crippen molar-refractivity contribution in [1.29, 1.82) is 0 Å². The Kier molecular flexibility index (Phi) is 9.55. The minimum absolute atomic E-state index is 0.0160. The van der Waals surface area contributed by atoms with E-state index in [2.05, 4.69) is 37.9 Å². The molecule has 1 aromatic rings.